The Morgan fingerprint density at radius 1 is 0.808 bits per heavy atom. The zero-order valence-corrected chi connectivity index (χ0v) is 14.6. The van der Waals surface area contributed by atoms with Crippen LogP contribution < -0.4 is 5.32 Å². The Balaban J connectivity index is 1.53. The number of ether oxygens (including phenoxy) is 1. The molecule has 4 nitrogen and oxygen atoms in total. The maximum atomic E-state index is 11.7. The lowest BCUT2D eigenvalue weighted by molar-refractivity contribution is -0.137. The molecule has 0 aliphatic carbocycles. The minimum atomic E-state index is -0.358. The molecule has 0 radical (unpaired) electrons. The average Bonchev–Trinajstić information content (AvgIpc) is 2.69. The molecule has 0 aliphatic rings. The van der Waals surface area contributed by atoms with Crippen molar-refractivity contribution in [3.05, 3.63) is 83.9 Å². The highest BCUT2D eigenvalue weighted by Gasteiger charge is 1.98. The minimum absolute atomic E-state index is 0.128. The number of hydrogen-bond donors (Lipinski definition) is 1. The molecule has 0 saturated heterocycles. The highest BCUT2D eigenvalue weighted by atomic mass is 16.5. The van der Waals surface area contributed by atoms with Crippen LogP contribution in [0.4, 0.5) is 0 Å². The van der Waals surface area contributed by atoms with Crippen molar-refractivity contribution in [1.29, 1.82) is 0 Å². The van der Waals surface area contributed by atoms with Crippen LogP contribution in [-0.4, -0.2) is 25.0 Å². The quantitative estimate of drug-likeness (QED) is 0.425. The van der Waals surface area contributed by atoms with Crippen LogP contribution in [0.25, 0.3) is 12.2 Å². The molecule has 0 bridgehead atoms. The van der Waals surface area contributed by atoms with Gasteiger partial charge in [0.05, 0.1) is 6.61 Å². The molecule has 0 aliphatic heterocycles. The minimum Gasteiger partial charge on any atom is -0.463 e. The SMILES string of the molecule is O=C(C=Cc1ccccc1)NCCCCOC(=O)C=Cc1ccccc1. The van der Waals surface area contributed by atoms with Gasteiger partial charge in [-0.3, -0.25) is 4.79 Å². The van der Waals surface area contributed by atoms with E-state index in [0.717, 1.165) is 17.5 Å². The maximum Gasteiger partial charge on any atom is 0.330 e. The summed E-state index contributed by atoms with van der Waals surface area (Å²) in [5, 5.41) is 2.81. The van der Waals surface area contributed by atoms with Crippen LogP contribution in [0.3, 0.4) is 0 Å². The number of carbonyl (C=O) groups is 2. The van der Waals surface area contributed by atoms with E-state index < -0.39 is 0 Å². The summed E-state index contributed by atoms with van der Waals surface area (Å²) in [4.78, 5) is 23.3. The molecule has 4 heteroatoms. The lowest BCUT2D eigenvalue weighted by atomic mass is 10.2. The first-order chi connectivity index (χ1) is 12.7. The summed E-state index contributed by atoms with van der Waals surface area (Å²) in [5.41, 5.74) is 1.94. The predicted octanol–water partition coefficient (Wildman–Crippen LogP) is 3.85. The van der Waals surface area contributed by atoms with Crippen molar-refractivity contribution in [2.75, 3.05) is 13.2 Å². The third kappa shape index (κ3) is 8.11. The molecule has 0 unspecified atom stereocenters. The highest BCUT2D eigenvalue weighted by Crippen LogP contribution is 2.02. The van der Waals surface area contributed by atoms with Gasteiger partial charge in [-0.25, -0.2) is 4.79 Å². The van der Waals surface area contributed by atoms with Gasteiger partial charge in [-0.05, 0) is 36.1 Å². The molecule has 0 aromatic heterocycles. The van der Waals surface area contributed by atoms with Crippen LogP contribution in [0.15, 0.2) is 72.8 Å². The van der Waals surface area contributed by atoms with E-state index in [-0.39, 0.29) is 11.9 Å². The molecule has 134 valence electrons. The summed E-state index contributed by atoms with van der Waals surface area (Å²) in [5.74, 6) is -0.486. The Hall–Kier alpha value is -3.14. The predicted molar refractivity (Wildman–Crippen MR) is 104 cm³/mol. The molecule has 0 fully saturated rings. The molecule has 2 rings (SSSR count). The largest absolute Gasteiger partial charge is 0.463 e. The molecule has 2 aromatic rings. The number of amides is 1. The van der Waals surface area contributed by atoms with Crippen LogP contribution in [0, 0.1) is 0 Å². The van der Waals surface area contributed by atoms with E-state index in [1.165, 1.54) is 12.2 Å². The number of hydrogen-bond acceptors (Lipinski definition) is 3. The van der Waals surface area contributed by atoms with E-state index in [2.05, 4.69) is 5.32 Å². The van der Waals surface area contributed by atoms with Gasteiger partial charge in [-0.2, -0.15) is 0 Å². The topological polar surface area (TPSA) is 55.4 Å². The molecular formula is C22H23NO3. The lowest BCUT2D eigenvalue weighted by Gasteiger charge is -2.03. The van der Waals surface area contributed by atoms with Gasteiger partial charge < -0.3 is 10.1 Å². The average molecular weight is 349 g/mol. The summed E-state index contributed by atoms with van der Waals surface area (Å²) in [6, 6.07) is 19.2. The first-order valence-corrected chi connectivity index (χ1v) is 8.65. The number of nitrogens with one attached hydrogen (secondary N) is 1. The molecular weight excluding hydrogens is 326 g/mol. The third-order valence-electron chi connectivity index (χ3n) is 3.55. The Morgan fingerprint density at radius 3 is 2.00 bits per heavy atom. The monoisotopic (exact) mass is 349 g/mol. The second-order valence-corrected chi connectivity index (χ2v) is 5.65. The van der Waals surface area contributed by atoms with Crippen LogP contribution in [-0.2, 0) is 14.3 Å². The van der Waals surface area contributed by atoms with Crippen molar-refractivity contribution >= 4 is 24.0 Å². The van der Waals surface area contributed by atoms with Crippen LogP contribution in [0.1, 0.15) is 24.0 Å². The van der Waals surface area contributed by atoms with Gasteiger partial charge >= 0.3 is 5.97 Å². The normalized spacial score (nSPS) is 10.9. The van der Waals surface area contributed by atoms with E-state index in [9.17, 15) is 9.59 Å². The molecule has 0 heterocycles. The smallest absolute Gasteiger partial charge is 0.330 e. The highest BCUT2D eigenvalue weighted by molar-refractivity contribution is 5.91. The fraction of sp³-hybridized carbons (Fsp3) is 0.182. The Bertz CT molecular complexity index is 671. The van der Waals surface area contributed by atoms with Crippen molar-refractivity contribution in [2.24, 2.45) is 0 Å². The molecule has 1 N–H and O–H groups in total. The number of rotatable bonds is 9. The summed E-state index contributed by atoms with van der Waals surface area (Å²) in [6.45, 7) is 0.892. The van der Waals surface area contributed by atoms with Crippen LogP contribution >= 0.6 is 0 Å². The molecule has 26 heavy (non-hydrogen) atoms. The first kappa shape index (κ1) is 19.2. The van der Waals surface area contributed by atoms with Gasteiger partial charge in [0.25, 0.3) is 0 Å². The zero-order valence-electron chi connectivity index (χ0n) is 14.6. The van der Waals surface area contributed by atoms with E-state index in [1.54, 1.807) is 12.2 Å². The second-order valence-electron chi connectivity index (χ2n) is 5.65. The summed E-state index contributed by atoms with van der Waals surface area (Å²) in [6.07, 6.45) is 7.89. The van der Waals surface area contributed by atoms with E-state index in [0.29, 0.717) is 19.6 Å². The molecule has 0 spiro atoms. The first-order valence-electron chi connectivity index (χ1n) is 8.65. The Labute approximate surface area is 154 Å². The molecule has 1 amide bonds. The van der Waals surface area contributed by atoms with Crippen molar-refractivity contribution in [2.45, 2.75) is 12.8 Å². The van der Waals surface area contributed by atoms with Crippen molar-refractivity contribution in [3.63, 3.8) is 0 Å². The van der Waals surface area contributed by atoms with E-state index in [1.807, 2.05) is 60.7 Å². The van der Waals surface area contributed by atoms with E-state index in [4.69, 9.17) is 4.74 Å². The fourth-order valence-corrected chi connectivity index (χ4v) is 2.18. The standard InChI is InChI=1S/C22H23NO3/c24-21(15-13-19-9-3-1-4-10-19)23-17-7-8-18-26-22(25)16-14-20-11-5-2-6-12-20/h1-6,9-16H,7-8,17-18H2,(H,23,24). The van der Waals surface area contributed by atoms with Gasteiger partial charge in [-0.15, -0.1) is 0 Å². The van der Waals surface area contributed by atoms with E-state index >= 15 is 0 Å². The molecule has 0 atom stereocenters. The van der Waals surface area contributed by atoms with Crippen molar-refractivity contribution < 1.29 is 14.3 Å². The summed E-state index contributed by atoms with van der Waals surface area (Å²) >= 11 is 0. The number of carbonyl (C=O) groups excluding carboxylic acids is 2. The van der Waals surface area contributed by atoms with Crippen LogP contribution in [0.2, 0.25) is 0 Å². The molecule has 0 saturated carbocycles. The molecule has 2 aromatic carbocycles. The third-order valence-corrected chi connectivity index (χ3v) is 3.55. The van der Waals surface area contributed by atoms with Gasteiger partial charge in [0, 0.05) is 18.7 Å². The van der Waals surface area contributed by atoms with Crippen LogP contribution in [0.5, 0.6) is 0 Å². The van der Waals surface area contributed by atoms with Crippen molar-refractivity contribution in [3.8, 4) is 0 Å². The number of benzene rings is 2. The maximum absolute atomic E-state index is 11.7. The number of esters is 1. The van der Waals surface area contributed by atoms with Crippen molar-refractivity contribution in [1.82, 2.24) is 5.32 Å². The van der Waals surface area contributed by atoms with Gasteiger partial charge in [-0.1, -0.05) is 60.7 Å². The van der Waals surface area contributed by atoms with Gasteiger partial charge in [0.2, 0.25) is 5.91 Å². The lowest BCUT2D eigenvalue weighted by Crippen LogP contribution is -2.22. The Morgan fingerprint density at radius 2 is 1.38 bits per heavy atom. The Kier molecular flexibility index (Phi) is 8.43. The number of unbranched alkanes of at least 4 members (excludes halogenated alkanes) is 1. The summed E-state index contributed by atoms with van der Waals surface area (Å²) in [7, 11) is 0. The zero-order chi connectivity index (χ0) is 18.5. The summed E-state index contributed by atoms with van der Waals surface area (Å²) < 4.78 is 5.12. The van der Waals surface area contributed by atoms with Gasteiger partial charge in [0.1, 0.15) is 0 Å². The van der Waals surface area contributed by atoms with Gasteiger partial charge in [0.15, 0.2) is 0 Å². The fourth-order valence-electron chi connectivity index (χ4n) is 2.18. The second kappa shape index (κ2) is 11.4.